The molecule has 29 heavy (non-hydrogen) atoms. The van der Waals surface area contributed by atoms with Crippen molar-refractivity contribution in [3.05, 3.63) is 55.7 Å². The van der Waals surface area contributed by atoms with Crippen LogP contribution in [0.2, 0.25) is 5.02 Å². The van der Waals surface area contributed by atoms with E-state index in [2.05, 4.69) is 4.98 Å². The number of H-pyrrole nitrogens is 1. The molecule has 2 aromatic rings. The van der Waals surface area contributed by atoms with Gasteiger partial charge in [-0.25, -0.2) is 4.79 Å². The van der Waals surface area contributed by atoms with Gasteiger partial charge in [-0.15, -0.1) is 0 Å². The molecule has 9 heteroatoms. The molecule has 4 N–H and O–H groups in total. The number of carbonyl (C=O) groups excluding carboxylic acids is 1. The van der Waals surface area contributed by atoms with Crippen molar-refractivity contribution in [1.29, 1.82) is 0 Å². The summed E-state index contributed by atoms with van der Waals surface area (Å²) >= 11 is 6.02. The maximum Gasteiger partial charge on any atom is 0.330 e. The molecule has 8 nitrogen and oxygen atoms in total. The lowest BCUT2D eigenvalue weighted by atomic mass is 10.2. The fourth-order valence-electron chi connectivity index (χ4n) is 3.25. The van der Waals surface area contributed by atoms with E-state index in [1.807, 2.05) is 32.2 Å². The number of halogens is 1. The maximum absolute atomic E-state index is 12.9. The lowest BCUT2D eigenvalue weighted by molar-refractivity contribution is -0.885. The number of aromatic nitrogens is 2. The predicted octanol–water partition coefficient (Wildman–Crippen LogP) is 0.640. The summed E-state index contributed by atoms with van der Waals surface area (Å²) in [5.41, 5.74) is 5.97. The Morgan fingerprint density at radius 1 is 1.31 bits per heavy atom. The standard InChI is InChI=1S/C20H28ClN5O3/c1-4-6-10-26-18(22)17(19(28)23-20(26)29)25(5-2)16(27)13-24(3)12-14-8-7-9-15(21)11-14/h7-9,11H,4-6,10,12-13,22H2,1-3H3,(H,23,28,29)/p+1. The average molecular weight is 423 g/mol. The summed E-state index contributed by atoms with van der Waals surface area (Å²) in [5, 5.41) is 0.644. The van der Waals surface area contributed by atoms with Crippen LogP contribution in [0.4, 0.5) is 11.5 Å². The topological polar surface area (TPSA) is 106 Å². The van der Waals surface area contributed by atoms with Crippen LogP contribution in [0.5, 0.6) is 0 Å². The van der Waals surface area contributed by atoms with Crippen molar-refractivity contribution in [3.63, 3.8) is 0 Å². The van der Waals surface area contributed by atoms with Crippen LogP contribution in [0.15, 0.2) is 33.9 Å². The van der Waals surface area contributed by atoms with Gasteiger partial charge >= 0.3 is 5.69 Å². The molecule has 2 rings (SSSR count). The molecule has 0 saturated carbocycles. The molecule has 1 amide bonds. The minimum Gasteiger partial charge on any atom is -0.383 e. The maximum atomic E-state index is 12.9. The third kappa shape index (κ3) is 5.71. The number of amides is 1. The van der Waals surface area contributed by atoms with Gasteiger partial charge in [0, 0.05) is 23.7 Å². The van der Waals surface area contributed by atoms with Gasteiger partial charge in [0.05, 0.1) is 7.05 Å². The number of unbranched alkanes of at least 4 members (excludes halogenated alkanes) is 1. The number of rotatable bonds is 9. The van der Waals surface area contributed by atoms with E-state index in [1.54, 1.807) is 13.0 Å². The smallest absolute Gasteiger partial charge is 0.330 e. The monoisotopic (exact) mass is 422 g/mol. The highest BCUT2D eigenvalue weighted by atomic mass is 35.5. The van der Waals surface area contributed by atoms with Crippen LogP contribution < -0.4 is 26.8 Å². The Morgan fingerprint density at radius 3 is 2.66 bits per heavy atom. The number of anilines is 2. The number of nitrogens with one attached hydrogen (secondary N) is 2. The molecule has 0 radical (unpaired) electrons. The number of likely N-dealkylation sites (N-methyl/N-ethyl adjacent to an activating group) is 2. The summed E-state index contributed by atoms with van der Waals surface area (Å²) in [5.74, 6) is -0.222. The molecule has 158 valence electrons. The molecule has 0 fully saturated rings. The summed E-state index contributed by atoms with van der Waals surface area (Å²) in [6.07, 6.45) is 1.61. The summed E-state index contributed by atoms with van der Waals surface area (Å²) in [6.45, 7) is 5.18. The molecular weight excluding hydrogens is 394 g/mol. The summed E-state index contributed by atoms with van der Waals surface area (Å²) in [7, 11) is 1.89. The fraction of sp³-hybridized carbons (Fsp3) is 0.450. The first-order chi connectivity index (χ1) is 13.8. The minimum absolute atomic E-state index is 0.0231. The Morgan fingerprint density at radius 2 is 2.03 bits per heavy atom. The molecule has 1 heterocycles. The number of quaternary nitrogens is 1. The third-order valence-corrected chi connectivity index (χ3v) is 4.92. The summed E-state index contributed by atoms with van der Waals surface area (Å²) in [4.78, 5) is 42.1. The number of hydrogen-bond acceptors (Lipinski definition) is 4. The molecule has 1 aromatic heterocycles. The Labute approximate surface area is 174 Å². The highest BCUT2D eigenvalue weighted by Gasteiger charge is 2.25. The van der Waals surface area contributed by atoms with Gasteiger partial charge in [0.2, 0.25) is 0 Å². The molecule has 0 aliphatic heterocycles. The lowest BCUT2D eigenvalue weighted by Gasteiger charge is -2.24. The molecule has 1 aromatic carbocycles. The van der Waals surface area contributed by atoms with Crippen LogP contribution in [0.1, 0.15) is 32.3 Å². The zero-order valence-electron chi connectivity index (χ0n) is 17.1. The van der Waals surface area contributed by atoms with Gasteiger partial charge in [0.25, 0.3) is 11.5 Å². The number of hydrogen-bond donors (Lipinski definition) is 3. The number of aromatic amines is 1. The van der Waals surface area contributed by atoms with Gasteiger partial charge in [0.1, 0.15) is 12.4 Å². The van der Waals surface area contributed by atoms with Crippen LogP contribution in [-0.4, -0.2) is 35.6 Å². The summed E-state index contributed by atoms with van der Waals surface area (Å²) in [6, 6.07) is 7.47. The Balaban J connectivity index is 2.24. The van der Waals surface area contributed by atoms with Crippen LogP contribution in [0.3, 0.4) is 0 Å². The minimum atomic E-state index is -0.650. The first kappa shape index (κ1) is 22.7. The zero-order chi connectivity index (χ0) is 21.6. The average Bonchev–Trinajstić information content (AvgIpc) is 2.64. The van der Waals surface area contributed by atoms with E-state index in [9.17, 15) is 14.4 Å². The first-order valence-electron chi connectivity index (χ1n) is 9.77. The van der Waals surface area contributed by atoms with E-state index in [0.717, 1.165) is 23.3 Å². The van der Waals surface area contributed by atoms with Crippen molar-refractivity contribution in [2.45, 2.75) is 39.8 Å². The van der Waals surface area contributed by atoms with Crippen LogP contribution in [0, 0.1) is 0 Å². The number of nitrogens with zero attached hydrogens (tertiary/aromatic N) is 2. The number of benzene rings is 1. The highest BCUT2D eigenvalue weighted by Crippen LogP contribution is 2.17. The van der Waals surface area contributed by atoms with Crippen molar-refractivity contribution in [2.24, 2.45) is 0 Å². The quantitative estimate of drug-likeness (QED) is 0.551. The van der Waals surface area contributed by atoms with Gasteiger partial charge in [-0.3, -0.25) is 24.0 Å². The SMILES string of the molecule is CCCCn1c(N)c(N(CC)C(=O)C[NH+](C)Cc2cccc(Cl)c2)c(=O)[nH]c1=O. The van der Waals surface area contributed by atoms with E-state index in [4.69, 9.17) is 17.3 Å². The number of nitrogen functional groups attached to an aromatic ring is 1. The van der Waals surface area contributed by atoms with Crippen LogP contribution in [0.25, 0.3) is 0 Å². The second kappa shape index (κ2) is 10.3. The van der Waals surface area contributed by atoms with Crippen molar-refractivity contribution < 1.29 is 9.69 Å². The van der Waals surface area contributed by atoms with Crippen molar-refractivity contribution in [3.8, 4) is 0 Å². The normalized spacial score (nSPS) is 12.0. The molecule has 0 saturated heterocycles. The van der Waals surface area contributed by atoms with Gasteiger partial charge < -0.3 is 10.6 Å². The van der Waals surface area contributed by atoms with Gasteiger partial charge in [0.15, 0.2) is 12.2 Å². The van der Waals surface area contributed by atoms with Crippen molar-refractivity contribution in [1.82, 2.24) is 9.55 Å². The largest absolute Gasteiger partial charge is 0.383 e. The zero-order valence-corrected chi connectivity index (χ0v) is 17.9. The second-order valence-electron chi connectivity index (χ2n) is 7.08. The van der Waals surface area contributed by atoms with Gasteiger partial charge in [-0.2, -0.15) is 0 Å². The number of nitrogens with two attached hydrogens (primary N) is 1. The van der Waals surface area contributed by atoms with E-state index in [1.165, 1.54) is 9.47 Å². The molecule has 0 aliphatic rings. The van der Waals surface area contributed by atoms with Crippen molar-refractivity contribution >= 4 is 29.0 Å². The Bertz CT molecular complexity index is 969. The molecule has 0 bridgehead atoms. The molecule has 1 atom stereocenters. The fourth-order valence-corrected chi connectivity index (χ4v) is 3.46. The van der Waals surface area contributed by atoms with Gasteiger partial charge in [-0.1, -0.05) is 37.1 Å². The predicted molar refractivity (Wildman–Crippen MR) is 116 cm³/mol. The second-order valence-corrected chi connectivity index (χ2v) is 7.51. The summed E-state index contributed by atoms with van der Waals surface area (Å²) < 4.78 is 1.32. The van der Waals surface area contributed by atoms with Crippen LogP contribution in [-0.2, 0) is 17.9 Å². The Kier molecular flexibility index (Phi) is 8.04. The first-order valence-corrected chi connectivity index (χ1v) is 10.1. The lowest BCUT2D eigenvalue weighted by Crippen LogP contribution is -3.09. The molecular formula is C20H29ClN5O3+. The van der Waals surface area contributed by atoms with E-state index in [-0.39, 0.29) is 30.5 Å². The van der Waals surface area contributed by atoms with Crippen LogP contribution >= 0.6 is 11.6 Å². The molecule has 0 aliphatic carbocycles. The third-order valence-electron chi connectivity index (χ3n) is 4.68. The van der Waals surface area contributed by atoms with Crippen molar-refractivity contribution in [2.75, 3.05) is 30.8 Å². The molecule has 1 unspecified atom stereocenters. The van der Waals surface area contributed by atoms with E-state index < -0.39 is 11.2 Å². The molecule has 0 spiro atoms. The van der Waals surface area contributed by atoms with E-state index in [0.29, 0.717) is 18.1 Å². The van der Waals surface area contributed by atoms with E-state index >= 15 is 0 Å². The van der Waals surface area contributed by atoms with Gasteiger partial charge in [-0.05, 0) is 25.5 Å². The highest BCUT2D eigenvalue weighted by molar-refractivity contribution is 6.30. The Hall–Kier alpha value is -2.58. The number of carbonyl (C=O) groups is 1.